The second-order valence-corrected chi connectivity index (χ2v) is 4.81. The molecule has 1 atom stereocenters. The van der Waals surface area contributed by atoms with Gasteiger partial charge in [0.1, 0.15) is 0 Å². The van der Waals surface area contributed by atoms with Crippen molar-refractivity contribution in [2.75, 3.05) is 7.11 Å². The van der Waals surface area contributed by atoms with Gasteiger partial charge in [-0.2, -0.15) is 0 Å². The van der Waals surface area contributed by atoms with Crippen LogP contribution in [0.4, 0.5) is 0 Å². The molecule has 0 spiro atoms. The molecule has 3 nitrogen and oxygen atoms in total. The molecule has 0 aromatic heterocycles. The van der Waals surface area contributed by atoms with E-state index in [1.54, 1.807) is 0 Å². The molecular formula is C17H19NO2. The van der Waals surface area contributed by atoms with Gasteiger partial charge >= 0.3 is 5.97 Å². The van der Waals surface area contributed by atoms with Crippen molar-refractivity contribution in [2.45, 2.75) is 18.9 Å². The Morgan fingerprint density at radius 2 is 1.65 bits per heavy atom. The van der Waals surface area contributed by atoms with E-state index in [9.17, 15) is 4.79 Å². The maximum absolute atomic E-state index is 11.1. The Kier molecular flexibility index (Phi) is 4.91. The van der Waals surface area contributed by atoms with E-state index in [1.807, 2.05) is 18.2 Å². The van der Waals surface area contributed by atoms with Crippen molar-refractivity contribution in [2.24, 2.45) is 5.73 Å². The zero-order chi connectivity index (χ0) is 14.4. The van der Waals surface area contributed by atoms with Gasteiger partial charge in [-0.05, 0) is 23.1 Å². The highest BCUT2D eigenvalue weighted by molar-refractivity contribution is 5.70. The summed E-state index contributed by atoms with van der Waals surface area (Å²) in [5.41, 5.74) is 9.43. The van der Waals surface area contributed by atoms with Crippen LogP contribution >= 0.6 is 0 Å². The highest BCUT2D eigenvalue weighted by Gasteiger charge is 2.10. The molecule has 2 aromatic carbocycles. The van der Waals surface area contributed by atoms with E-state index in [2.05, 4.69) is 41.1 Å². The second-order valence-electron chi connectivity index (χ2n) is 4.81. The lowest BCUT2D eigenvalue weighted by molar-refractivity contribution is -0.140. The molecule has 0 radical (unpaired) electrons. The van der Waals surface area contributed by atoms with Crippen molar-refractivity contribution in [1.29, 1.82) is 0 Å². The number of hydrogen-bond donors (Lipinski definition) is 1. The summed E-state index contributed by atoms with van der Waals surface area (Å²) >= 11 is 0. The number of benzene rings is 2. The molecule has 0 aliphatic heterocycles. The number of nitrogens with two attached hydrogens (primary N) is 1. The van der Waals surface area contributed by atoms with Gasteiger partial charge < -0.3 is 10.5 Å². The molecule has 104 valence electrons. The first-order valence-electron chi connectivity index (χ1n) is 6.66. The number of carbonyl (C=O) groups is 1. The molecule has 2 aromatic rings. The summed E-state index contributed by atoms with van der Waals surface area (Å²) in [5, 5.41) is 0. The number of esters is 1. The van der Waals surface area contributed by atoms with Crippen LogP contribution in [0.3, 0.4) is 0 Å². The van der Waals surface area contributed by atoms with Gasteiger partial charge in [-0.1, -0.05) is 54.6 Å². The zero-order valence-electron chi connectivity index (χ0n) is 11.6. The molecule has 0 aliphatic carbocycles. The summed E-state index contributed by atoms with van der Waals surface area (Å²) in [7, 11) is 1.38. The van der Waals surface area contributed by atoms with E-state index < -0.39 is 0 Å². The molecule has 20 heavy (non-hydrogen) atoms. The second kappa shape index (κ2) is 6.87. The first kappa shape index (κ1) is 14.3. The van der Waals surface area contributed by atoms with Gasteiger partial charge in [-0.15, -0.1) is 0 Å². The molecule has 0 bridgehead atoms. The molecule has 0 fully saturated rings. The first-order valence-corrected chi connectivity index (χ1v) is 6.66. The van der Waals surface area contributed by atoms with Gasteiger partial charge in [0.15, 0.2) is 0 Å². The minimum atomic E-state index is -0.265. The average molecular weight is 269 g/mol. The lowest BCUT2D eigenvalue weighted by Crippen LogP contribution is -2.26. The highest BCUT2D eigenvalue weighted by Crippen LogP contribution is 2.19. The number of ether oxygens (including phenoxy) is 1. The molecule has 0 aliphatic rings. The van der Waals surface area contributed by atoms with E-state index in [0.717, 1.165) is 5.56 Å². The van der Waals surface area contributed by atoms with E-state index in [4.69, 9.17) is 5.73 Å². The maximum Gasteiger partial charge on any atom is 0.307 e. The van der Waals surface area contributed by atoms with Gasteiger partial charge in [-0.25, -0.2) is 0 Å². The summed E-state index contributed by atoms with van der Waals surface area (Å²) in [4.78, 5) is 11.1. The predicted octanol–water partition coefficient (Wildman–Crippen LogP) is 2.79. The molecule has 1 unspecified atom stereocenters. The Morgan fingerprint density at radius 3 is 2.25 bits per heavy atom. The Balaban J connectivity index is 2.00. The van der Waals surface area contributed by atoms with Crippen molar-refractivity contribution in [3.63, 3.8) is 0 Å². The first-order chi connectivity index (χ1) is 9.69. The van der Waals surface area contributed by atoms with Crippen LogP contribution in [0.15, 0.2) is 54.6 Å². The smallest absolute Gasteiger partial charge is 0.307 e. The monoisotopic (exact) mass is 269 g/mol. The predicted molar refractivity (Wildman–Crippen MR) is 80.2 cm³/mol. The van der Waals surface area contributed by atoms with Crippen molar-refractivity contribution in [1.82, 2.24) is 0 Å². The van der Waals surface area contributed by atoms with E-state index in [1.165, 1.54) is 18.2 Å². The molecule has 0 saturated carbocycles. The fraction of sp³-hybridized carbons (Fsp3) is 0.235. The van der Waals surface area contributed by atoms with Gasteiger partial charge in [0.05, 0.1) is 13.5 Å². The Morgan fingerprint density at radius 1 is 1.05 bits per heavy atom. The van der Waals surface area contributed by atoms with Crippen LogP contribution in [0.25, 0.3) is 11.1 Å². The van der Waals surface area contributed by atoms with Gasteiger partial charge in [-0.3, -0.25) is 4.79 Å². The van der Waals surface area contributed by atoms with E-state index in [0.29, 0.717) is 6.42 Å². The Hall–Kier alpha value is -2.13. The summed E-state index contributed by atoms with van der Waals surface area (Å²) in [6.07, 6.45) is 0.918. The minimum Gasteiger partial charge on any atom is -0.469 e. The van der Waals surface area contributed by atoms with Crippen molar-refractivity contribution < 1.29 is 9.53 Å². The molecule has 3 heteroatoms. The molecule has 2 N–H and O–H groups in total. The van der Waals surface area contributed by atoms with Crippen LogP contribution in [0.1, 0.15) is 12.0 Å². The highest BCUT2D eigenvalue weighted by atomic mass is 16.5. The van der Waals surface area contributed by atoms with Crippen LogP contribution in [0.2, 0.25) is 0 Å². The van der Waals surface area contributed by atoms with E-state index >= 15 is 0 Å². The molecular weight excluding hydrogens is 250 g/mol. The third kappa shape index (κ3) is 3.93. The topological polar surface area (TPSA) is 52.3 Å². The molecule has 2 rings (SSSR count). The molecule has 0 heterocycles. The number of hydrogen-bond acceptors (Lipinski definition) is 3. The summed E-state index contributed by atoms with van der Waals surface area (Å²) in [5.74, 6) is -0.265. The van der Waals surface area contributed by atoms with Gasteiger partial charge in [0, 0.05) is 6.04 Å². The summed E-state index contributed by atoms with van der Waals surface area (Å²) in [6, 6.07) is 18.3. The van der Waals surface area contributed by atoms with Crippen LogP contribution in [0, 0.1) is 0 Å². The van der Waals surface area contributed by atoms with Crippen molar-refractivity contribution >= 4 is 5.97 Å². The van der Waals surface area contributed by atoms with Gasteiger partial charge in [0.2, 0.25) is 0 Å². The van der Waals surface area contributed by atoms with Crippen LogP contribution in [0.5, 0.6) is 0 Å². The van der Waals surface area contributed by atoms with Crippen LogP contribution in [-0.2, 0) is 16.0 Å². The Labute approximate surface area is 119 Å². The third-order valence-electron chi connectivity index (χ3n) is 3.22. The average Bonchev–Trinajstić information content (AvgIpc) is 2.48. The van der Waals surface area contributed by atoms with E-state index in [-0.39, 0.29) is 18.4 Å². The number of rotatable bonds is 5. The van der Waals surface area contributed by atoms with Gasteiger partial charge in [0.25, 0.3) is 0 Å². The normalized spacial score (nSPS) is 11.9. The molecule has 0 amide bonds. The fourth-order valence-electron chi connectivity index (χ4n) is 2.14. The summed E-state index contributed by atoms with van der Waals surface area (Å²) in [6.45, 7) is 0. The largest absolute Gasteiger partial charge is 0.469 e. The standard InChI is InChI=1S/C17H19NO2/c1-20-17(19)12-16(18)11-13-7-9-15(10-8-13)14-5-3-2-4-6-14/h2-10,16H,11-12,18H2,1H3. The number of methoxy groups -OCH3 is 1. The maximum atomic E-state index is 11.1. The lowest BCUT2D eigenvalue weighted by Gasteiger charge is -2.10. The quantitative estimate of drug-likeness (QED) is 0.849. The molecule has 0 saturated heterocycles. The van der Waals surface area contributed by atoms with Crippen molar-refractivity contribution in [3.8, 4) is 11.1 Å². The fourth-order valence-corrected chi connectivity index (χ4v) is 2.14. The lowest BCUT2D eigenvalue weighted by atomic mass is 10.00. The third-order valence-corrected chi connectivity index (χ3v) is 3.22. The Bertz CT molecular complexity index is 549. The van der Waals surface area contributed by atoms with Crippen molar-refractivity contribution in [3.05, 3.63) is 60.2 Å². The minimum absolute atomic E-state index is 0.204. The summed E-state index contributed by atoms with van der Waals surface area (Å²) < 4.78 is 4.62. The SMILES string of the molecule is COC(=O)CC(N)Cc1ccc(-c2ccccc2)cc1. The zero-order valence-corrected chi connectivity index (χ0v) is 11.6. The van der Waals surface area contributed by atoms with Crippen LogP contribution in [-0.4, -0.2) is 19.1 Å². The van der Waals surface area contributed by atoms with Crippen LogP contribution < -0.4 is 5.73 Å². The number of carbonyl (C=O) groups excluding carboxylic acids is 1.